The normalized spacial score (nSPS) is 18.3. The van der Waals surface area contributed by atoms with Gasteiger partial charge >= 0.3 is 0 Å². The van der Waals surface area contributed by atoms with Gasteiger partial charge in [-0.3, -0.25) is 9.69 Å². The molecule has 3 rings (SSSR count). The van der Waals surface area contributed by atoms with Crippen LogP contribution in [0.1, 0.15) is 41.0 Å². The molecule has 3 heterocycles. The number of nitrogens with two attached hydrogens (primary N) is 1. The van der Waals surface area contributed by atoms with E-state index in [4.69, 9.17) is 10.3 Å². The predicted molar refractivity (Wildman–Crippen MR) is 83.8 cm³/mol. The largest absolute Gasteiger partial charge is 0.363 e. The number of likely N-dealkylation sites (tertiary alicyclic amines) is 1. The van der Waals surface area contributed by atoms with E-state index < -0.39 is 5.91 Å². The molecular formula is C15H20N6O2. The van der Waals surface area contributed by atoms with Crippen molar-refractivity contribution < 1.29 is 9.32 Å². The lowest BCUT2D eigenvalue weighted by Gasteiger charge is -2.22. The second-order valence-corrected chi connectivity index (χ2v) is 5.87. The van der Waals surface area contributed by atoms with Gasteiger partial charge in [-0.25, -0.2) is 4.98 Å². The SMILES string of the molecule is CN(C)c1cc(CN2CCC[C@H]2c2nc(C(N)=O)no2)ccn1. The van der Waals surface area contributed by atoms with E-state index in [1.54, 1.807) is 0 Å². The summed E-state index contributed by atoms with van der Waals surface area (Å²) in [5.41, 5.74) is 6.35. The smallest absolute Gasteiger partial charge is 0.290 e. The van der Waals surface area contributed by atoms with Crippen LogP contribution < -0.4 is 10.6 Å². The number of nitrogens with zero attached hydrogens (tertiary/aromatic N) is 5. The Morgan fingerprint density at radius 2 is 2.35 bits per heavy atom. The summed E-state index contributed by atoms with van der Waals surface area (Å²) in [5, 5.41) is 3.64. The fourth-order valence-electron chi connectivity index (χ4n) is 2.80. The number of hydrogen-bond acceptors (Lipinski definition) is 7. The van der Waals surface area contributed by atoms with Gasteiger partial charge in [-0.05, 0) is 37.1 Å². The molecule has 23 heavy (non-hydrogen) atoms. The van der Waals surface area contributed by atoms with Crippen LogP contribution in [0.2, 0.25) is 0 Å². The van der Waals surface area contributed by atoms with Crippen LogP contribution in [0.4, 0.5) is 5.82 Å². The van der Waals surface area contributed by atoms with Crippen LogP contribution in [-0.4, -0.2) is 46.6 Å². The number of hydrogen-bond donors (Lipinski definition) is 1. The maximum absolute atomic E-state index is 11.1. The van der Waals surface area contributed by atoms with Crippen LogP contribution >= 0.6 is 0 Å². The first-order chi connectivity index (χ1) is 11.0. The van der Waals surface area contributed by atoms with Crippen molar-refractivity contribution in [3.63, 3.8) is 0 Å². The molecule has 0 bridgehead atoms. The maximum atomic E-state index is 11.1. The van der Waals surface area contributed by atoms with Gasteiger partial charge in [0.1, 0.15) is 5.82 Å². The van der Waals surface area contributed by atoms with Crippen LogP contribution in [0, 0.1) is 0 Å². The number of anilines is 1. The van der Waals surface area contributed by atoms with Crippen molar-refractivity contribution in [2.45, 2.75) is 25.4 Å². The molecule has 122 valence electrons. The second-order valence-electron chi connectivity index (χ2n) is 5.87. The zero-order chi connectivity index (χ0) is 16.4. The van der Waals surface area contributed by atoms with Crippen LogP contribution in [0.5, 0.6) is 0 Å². The molecule has 1 saturated heterocycles. The number of amides is 1. The van der Waals surface area contributed by atoms with Gasteiger partial charge in [0.05, 0.1) is 6.04 Å². The minimum atomic E-state index is -0.672. The Morgan fingerprint density at radius 1 is 1.52 bits per heavy atom. The van der Waals surface area contributed by atoms with E-state index in [1.165, 1.54) is 5.56 Å². The topological polar surface area (TPSA) is 101 Å². The van der Waals surface area contributed by atoms with Crippen molar-refractivity contribution in [1.82, 2.24) is 20.0 Å². The average molecular weight is 316 g/mol. The van der Waals surface area contributed by atoms with Gasteiger partial charge in [0.15, 0.2) is 0 Å². The third kappa shape index (κ3) is 3.31. The van der Waals surface area contributed by atoms with Gasteiger partial charge in [-0.1, -0.05) is 5.16 Å². The molecule has 1 aliphatic heterocycles. The fourth-order valence-corrected chi connectivity index (χ4v) is 2.80. The molecule has 0 aliphatic carbocycles. The van der Waals surface area contributed by atoms with E-state index in [-0.39, 0.29) is 11.9 Å². The lowest BCUT2D eigenvalue weighted by Crippen LogP contribution is -2.23. The number of pyridine rings is 1. The quantitative estimate of drug-likeness (QED) is 0.876. The highest BCUT2D eigenvalue weighted by Gasteiger charge is 2.31. The maximum Gasteiger partial charge on any atom is 0.290 e. The van der Waals surface area contributed by atoms with Crippen molar-refractivity contribution in [2.24, 2.45) is 5.73 Å². The molecule has 8 heteroatoms. The van der Waals surface area contributed by atoms with E-state index in [2.05, 4.69) is 26.1 Å². The summed E-state index contributed by atoms with van der Waals surface area (Å²) in [7, 11) is 3.93. The second kappa shape index (κ2) is 6.33. The molecule has 1 atom stereocenters. The van der Waals surface area contributed by atoms with Gasteiger partial charge in [-0.2, -0.15) is 4.98 Å². The van der Waals surface area contributed by atoms with E-state index in [9.17, 15) is 4.79 Å². The summed E-state index contributed by atoms with van der Waals surface area (Å²) in [5.74, 6) is 0.644. The number of carbonyl (C=O) groups excluding carboxylic acids is 1. The fraction of sp³-hybridized carbons (Fsp3) is 0.467. The molecule has 1 amide bonds. The van der Waals surface area contributed by atoms with Crippen molar-refractivity contribution in [2.75, 3.05) is 25.5 Å². The third-order valence-corrected chi connectivity index (χ3v) is 3.96. The van der Waals surface area contributed by atoms with Crippen molar-refractivity contribution in [3.05, 3.63) is 35.6 Å². The van der Waals surface area contributed by atoms with Gasteiger partial charge in [-0.15, -0.1) is 0 Å². The molecule has 8 nitrogen and oxygen atoms in total. The highest BCUT2D eigenvalue weighted by atomic mass is 16.5. The summed E-state index contributed by atoms with van der Waals surface area (Å²) in [6.07, 6.45) is 3.78. The first-order valence-corrected chi connectivity index (χ1v) is 7.54. The van der Waals surface area contributed by atoms with Gasteiger partial charge in [0.25, 0.3) is 11.7 Å². The van der Waals surface area contributed by atoms with Crippen LogP contribution in [0.25, 0.3) is 0 Å². The Kier molecular flexibility index (Phi) is 4.24. The average Bonchev–Trinajstić information content (AvgIpc) is 3.16. The lowest BCUT2D eigenvalue weighted by molar-refractivity contribution is 0.0987. The Hall–Kier alpha value is -2.48. The zero-order valence-corrected chi connectivity index (χ0v) is 13.3. The number of primary amides is 1. The van der Waals surface area contributed by atoms with Crippen LogP contribution in [0.3, 0.4) is 0 Å². The van der Waals surface area contributed by atoms with E-state index in [0.29, 0.717) is 5.89 Å². The Bertz CT molecular complexity index is 699. The minimum Gasteiger partial charge on any atom is -0.363 e. The summed E-state index contributed by atoms with van der Waals surface area (Å²) in [6, 6.07) is 4.09. The predicted octanol–water partition coefficient (Wildman–Crippen LogP) is 0.967. The Morgan fingerprint density at radius 3 is 3.04 bits per heavy atom. The van der Waals surface area contributed by atoms with E-state index >= 15 is 0 Å². The Balaban J connectivity index is 1.76. The van der Waals surface area contributed by atoms with E-state index in [0.717, 1.165) is 31.7 Å². The lowest BCUT2D eigenvalue weighted by atomic mass is 10.2. The third-order valence-electron chi connectivity index (χ3n) is 3.96. The minimum absolute atomic E-state index is 0.0200. The van der Waals surface area contributed by atoms with Gasteiger partial charge in [0.2, 0.25) is 5.89 Å². The zero-order valence-electron chi connectivity index (χ0n) is 13.3. The number of carbonyl (C=O) groups is 1. The molecular weight excluding hydrogens is 296 g/mol. The first kappa shape index (κ1) is 15.4. The Labute approximate surface area is 134 Å². The molecule has 0 saturated carbocycles. The highest BCUT2D eigenvalue weighted by molar-refractivity contribution is 5.88. The van der Waals surface area contributed by atoms with Crippen LogP contribution in [0.15, 0.2) is 22.9 Å². The number of rotatable bonds is 5. The summed E-state index contributed by atoms with van der Waals surface area (Å²) in [4.78, 5) is 23.8. The van der Waals surface area contributed by atoms with Crippen molar-refractivity contribution in [1.29, 1.82) is 0 Å². The van der Waals surface area contributed by atoms with Gasteiger partial charge < -0.3 is 15.2 Å². The molecule has 2 aromatic heterocycles. The van der Waals surface area contributed by atoms with Crippen LogP contribution in [-0.2, 0) is 6.54 Å². The van der Waals surface area contributed by atoms with Crippen molar-refractivity contribution in [3.8, 4) is 0 Å². The standard InChI is InChI=1S/C15H20N6O2/c1-20(2)12-8-10(5-6-17-12)9-21-7-3-4-11(21)15-18-14(13(16)22)19-23-15/h5-6,8,11H,3-4,7,9H2,1-2H3,(H2,16,22)/t11-/m0/s1. The molecule has 0 radical (unpaired) electrons. The first-order valence-electron chi connectivity index (χ1n) is 7.54. The number of aromatic nitrogens is 3. The highest BCUT2D eigenvalue weighted by Crippen LogP contribution is 2.32. The summed E-state index contributed by atoms with van der Waals surface area (Å²) >= 11 is 0. The molecule has 1 aliphatic rings. The molecule has 0 spiro atoms. The molecule has 1 fully saturated rings. The van der Waals surface area contributed by atoms with E-state index in [1.807, 2.05) is 31.3 Å². The van der Waals surface area contributed by atoms with Gasteiger partial charge in [0, 0.05) is 26.8 Å². The molecule has 2 aromatic rings. The molecule has 0 aromatic carbocycles. The molecule has 2 N–H and O–H groups in total. The monoisotopic (exact) mass is 316 g/mol. The summed E-state index contributed by atoms with van der Waals surface area (Å²) in [6.45, 7) is 1.71. The molecule has 0 unspecified atom stereocenters. The summed E-state index contributed by atoms with van der Waals surface area (Å²) < 4.78 is 5.22. The van der Waals surface area contributed by atoms with Crippen molar-refractivity contribution >= 4 is 11.7 Å².